The molecule has 0 aliphatic carbocycles. The Hall–Kier alpha value is -3.65. The van der Waals surface area contributed by atoms with Gasteiger partial charge in [0.2, 0.25) is 0 Å². The van der Waals surface area contributed by atoms with Crippen molar-refractivity contribution in [3.63, 3.8) is 0 Å². The number of ether oxygens (including phenoxy) is 1. The van der Waals surface area contributed by atoms with Gasteiger partial charge in [-0.1, -0.05) is 95.6 Å². The lowest BCUT2D eigenvalue weighted by molar-refractivity contribution is 0.0562. The molecule has 0 fully saturated rings. The summed E-state index contributed by atoms with van der Waals surface area (Å²) in [5.74, 6) is 1.07. The summed E-state index contributed by atoms with van der Waals surface area (Å²) < 4.78 is 6.82. The van der Waals surface area contributed by atoms with Crippen molar-refractivity contribution in [2.75, 3.05) is 0 Å². The third kappa shape index (κ3) is 9.17. The molecule has 0 saturated carbocycles. The second kappa shape index (κ2) is 15.2. The number of hydrogen-bond donors (Lipinski definition) is 0. The van der Waals surface area contributed by atoms with Crippen LogP contribution in [-0.4, -0.2) is 11.3 Å². The summed E-state index contributed by atoms with van der Waals surface area (Å²) >= 11 is 0. The van der Waals surface area contributed by atoms with Gasteiger partial charge in [0.1, 0.15) is 11.4 Å². The van der Waals surface area contributed by atoms with Crippen molar-refractivity contribution in [3.8, 4) is 5.75 Å². The van der Waals surface area contributed by atoms with E-state index in [9.17, 15) is 0 Å². The maximum Gasteiger partial charge on any atom is 0.126 e. The molecule has 1 aliphatic rings. The first-order chi connectivity index (χ1) is 20.6. The first-order valence-electron chi connectivity index (χ1n) is 16.1. The molecule has 2 nitrogen and oxygen atoms in total. The molecule has 0 N–H and O–H groups in total. The molecule has 0 radical (unpaired) electrons. The van der Waals surface area contributed by atoms with E-state index in [1.807, 2.05) is 0 Å². The zero-order valence-corrected chi connectivity index (χ0v) is 27.6. The monoisotopic (exact) mass is 573 g/mol. The Balaban J connectivity index is 1.43. The zero-order valence-electron chi connectivity index (χ0n) is 27.6. The Labute approximate surface area is 261 Å². The Bertz CT molecular complexity index is 1440. The molecular formula is C41H51NO. The van der Waals surface area contributed by atoms with Gasteiger partial charge >= 0.3 is 0 Å². The largest absolute Gasteiger partial charge is 0.487 e. The van der Waals surface area contributed by atoms with E-state index >= 15 is 0 Å². The van der Waals surface area contributed by atoms with Crippen LogP contribution in [0.3, 0.4) is 0 Å². The standard InChI is InChI=1S/C41H51NO/c1-30(2)17-14-18-31(3)19-15-20-32(4)21-16-27-41(7)28-26-37-29-38(33(5)34(6)40(37)43-41)42-39(35-22-10-8-11-23-35)36-24-12-9-13-25-36/h8-13,17,19,21-25,29H,14-16,18,20,26-28H2,1-7H3/b31-19+,32-21+/t41-/m1/s1. The number of aliphatic imine (C=N–C) groups is 1. The number of benzene rings is 3. The average molecular weight is 574 g/mol. The zero-order chi connectivity index (χ0) is 30.8. The van der Waals surface area contributed by atoms with Crippen molar-refractivity contribution in [3.05, 3.63) is 129 Å². The third-order valence-corrected chi connectivity index (χ3v) is 8.78. The van der Waals surface area contributed by atoms with Crippen molar-refractivity contribution in [1.82, 2.24) is 0 Å². The fourth-order valence-corrected chi connectivity index (χ4v) is 5.83. The molecule has 0 aromatic heterocycles. The van der Waals surface area contributed by atoms with Gasteiger partial charge in [0.05, 0.1) is 11.4 Å². The van der Waals surface area contributed by atoms with Crippen LogP contribution in [0.1, 0.15) is 107 Å². The molecule has 0 unspecified atom stereocenters. The van der Waals surface area contributed by atoms with Crippen LogP contribution in [0.2, 0.25) is 0 Å². The number of aryl methyl sites for hydroxylation is 1. The Morgan fingerprint density at radius 2 is 1.33 bits per heavy atom. The van der Waals surface area contributed by atoms with Crippen LogP contribution in [0.25, 0.3) is 0 Å². The summed E-state index contributed by atoms with van der Waals surface area (Å²) in [6, 6.07) is 23.3. The van der Waals surface area contributed by atoms with Crippen molar-refractivity contribution in [2.45, 2.75) is 105 Å². The maximum atomic E-state index is 6.82. The summed E-state index contributed by atoms with van der Waals surface area (Å²) in [4.78, 5) is 5.28. The molecule has 0 saturated heterocycles. The highest BCUT2D eigenvalue weighted by Crippen LogP contribution is 2.42. The predicted molar refractivity (Wildman–Crippen MR) is 186 cm³/mol. The molecule has 3 aromatic carbocycles. The summed E-state index contributed by atoms with van der Waals surface area (Å²) in [5.41, 5.74) is 12.2. The van der Waals surface area contributed by atoms with E-state index in [1.54, 1.807) is 0 Å². The van der Waals surface area contributed by atoms with Gasteiger partial charge in [0, 0.05) is 11.1 Å². The molecule has 1 aliphatic heterocycles. The van der Waals surface area contributed by atoms with E-state index in [2.05, 4.69) is 133 Å². The quantitative estimate of drug-likeness (QED) is 0.156. The van der Waals surface area contributed by atoms with E-state index < -0.39 is 0 Å². The number of rotatable bonds is 12. The van der Waals surface area contributed by atoms with Gasteiger partial charge < -0.3 is 4.74 Å². The molecule has 2 heteroatoms. The molecule has 4 rings (SSSR count). The second-order valence-electron chi connectivity index (χ2n) is 12.9. The van der Waals surface area contributed by atoms with Crippen LogP contribution in [0.15, 0.2) is 107 Å². The van der Waals surface area contributed by atoms with E-state index in [0.717, 1.165) is 73.2 Å². The SMILES string of the molecule is CC(C)=CCC/C(C)=C/CC/C(C)=C/CC[C@]1(C)CCc2cc(N=C(c3ccccc3)c3ccccc3)c(C)c(C)c2O1. The fraction of sp³-hybridized carbons (Fsp3) is 0.390. The molecule has 43 heavy (non-hydrogen) atoms. The molecule has 3 aromatic rings. The van der Waals surface area contributed by atoms with Gasteiger partial charge in [-0.15, -0.1) is 0 Å². The Kier molecular flexibility index (Phi) is 11.4. The lowest BCUT2D eigenvalue weighted by Gasteiger charge is -2.37. The lowest BCUT2D eigenvalue weighted by Crippen LogP contribution is -2.36. The number of nitrogens with zero attached hydrogens (tertiary/aromatic N) is 1. The van der Waals surface area contributed by atoms with Crippen LogP contribution in [0.4, 0.5) is 5.69 Å². The summed E-state index contributed by atoms with van der Waals surface area (Å²) in [7, 11) is 0. The minimum absolute atomic E-state index is 0.146. The summed E-state index contributed by atoms with van der Waals surface area (Å²) in [6.07, 6.45) is 15.9. The van der Waals surface area contributed by atoms with Crippen LogP contribution >= 0.6 is 0 Å². The highest BCUT2D eigenvalue weighted by atomic mass is 16.5. The number of allylic oxidation sites excluding steroid dienone is 6. The predicted octanol–water partition coefficient (Wildman–Crippen LogP) is 11.8. The molecule has 1 atom stereocenters. The van der Waals surface area contributed by atoms with Crippen molar-refractivity contribution < 1.29 is 4.74 Å². The minimum atomic E-state index is -0.146. The highest BCUT2D eigenvalue weighted by molar-refractivity contribution is 6.14. The van der Waals surface area contributed by atoms with Crippen LogP contribution in [0.5, 0.6) is 5.75 Å². The van der Waals surface area contributed by atoms with Gasteiger partial charge in [-0.3, -0.25) is 0 Å². The molecular weight excluding hydrogens is 522 g/mol. The van der Waals surface area contributed by atoms with Crippen molar-refractivity contribution in [2.24, 2.45) is 4.99 Å². The van der Waals surface area contributed by atoms with Crippen molar-refractivity contribution >= 4 is 11.4 Å². The smallest absolute Gasteiger partial charge is 0.126 e. The minimum Gasteiger partial charge on any atom is -0.487 e. The topological polar surface area (TPSA) is 21.6 Å². The van der Waals surface area contributed by atoms with Gasteiger partial charge in [0.25, 0.3) is 0 Å². The van der Waals surface area contributed by atoms with Crippen LogP contribution in [-0.2, 0) is 6.42 Å². The fourth-order valence-electron chi connectivity index (χ4n) is 5.83. The highest BCUT2D eigenvalue weighted by Gasteiger charge is 2.32. The van der Waals surface area contributed by atoms with Gasteiger partial charge in [-0.25, -0.2) is 4.99 Å². The first-order valence-corrected chi connectivity index (χ1v) is 16.1. The number of hydrogen-bond acceptors (Lipinski definition) is 2. The molecule has 0 bridgehead atoms. The molecule has 0 spiro atoms. The van der Waals surface area contributed by atoms with E-state index in [1.165, 1.54) is 39.8 Å². The molecule has 0 amide bonds. The molecule has 1 heterocycles. The van der Waals surface area contributed by atoms with Gasteiger partial charge in [-0.05, 0) is 123 Å². The van der Waals surface area contributed by atoms with Crippen molar-refractivity contribution in [1.29, 1.82) is 0 Å². The second-order valence-corrected chi connectivity index (χ2v) is 12.9. The maximum absolute atomic E-state index is 6.82. The van der Waals surface area contributed by atoms with Crippen LogP contribution in [0, 0.1) is 13.8 Å². The normalized spacial score (nSPS) is 16.7. The van der Waals surface area contributed by atoms with E-state index in [0.29, 0.717) is 0 Å². The Morgan fingerprint density at radius 3 is 1.91 bits per heavy atom. The first kappa shape index (κ1) is 32.3. The average Bonchev–Trinajstić information content (AvgIpc) is 2.99. The Morgan fingerprint density at radius 1 is 0.767 bits per heavy atom. The summed E-state index contributed by atoms with van der Waals surface area (Å²) in [5, 5.41) is 0. The summed E-state index contributed by atoms with van der Waals surface area (Å²) in [6.45, 7) is 15.6. The molecule has 226 valence electrons. The van der Waals surface area contributed by atoms with Crippen LogP contribution < -0.4 is 4.74 Å². The van der Waals surface area contributed by atoms with E-state index in [-0.39, 0.29) is 5.60 Å². The third-order valence-electron chi connectivity index (χ3n) is 8.78. The van der Waals surface area contributed by atoms with Gasteiger partial charge in [0.15, 0.2) is 0 Å². The lowest BCUT2D eigenvalue weighted by atomic mass is 9.86. The van der Waals surface area contributed by atoms with E-state index in [4.69, 9.17) is 9.73 Å². The van der Waals surface area contributed by atoms with Gasteiger partial charge in [-0.2, -0.15) is 0 Å². The number of fused-ring (bicyclic) bond motifs is 1.